The number of carbonyl (C=O) groups is 3. The second kappa shape index (κ2) is 18.9. The molecule has 63 heavy (non-hydrogen) atoms. The van der Waals surface area contributed by atoms with E-state index in [2.05, 4.69) is 16.7 Å². The predicted molar refractivity (Wildman–Crippen MR) is 239 cm³/mol. The number of rotatable bonds is 12. The molecule has 0 bridgehead atoms. The van der Waals surface area contributed by atoms with Gasteiger partial charge in [0.25, 0.3) is 0 Å². The van der Waals surface area contributed by atoms with E-state index in [9.17, 15) is 19.5 Å². The van der Waals surface area contributed by atoms with Crippen LogP contribution in [0.2, 0.25) is 10.0 Å². The third-order valence-corrected chi connectivity index (χ3v) is 12.0. The van der Waals surface area contributed by atoms with Crippen LogP contribution in [-0.2, 0) is 35.6 Å². The summed E-state index contributed by atoms with van der Waals surface area (Å²) in [4.78, 5) is 42.4. The number of halogens is 2. The molecular weight excluding hydrogens is 839 g/mol. The summed E-state index contributed by atoms with van der Waals surface area (Å²) in [5.41, 5.74) is 7.27. The highest BCUT2D eigenvalue weighted by Crippen LogP contribution is 2.41. The first kappa shape index (κ1) is 42.7. The first-order valence-corrected chi connectivity index (χ1v) is 21.1. The Balaban J connectivity index is 0.981. The summed E-state index contributed by atoms with van der Waals surface area (Å²) >= 11 is 12.2. The van der Waals surface area contributed by atoms with Gasteiger partial charge in [-0.1, -0.05) is 108 Å². The van der Waals surface area contributed by atoms with Crippen LogP contribution in [0.15, 0.2) is 133 Å². The van der Waals surface area contributed by atoms with Gasteiger partial charge >= 0.3 is 12.0 Å². The van der Waals surface area contributed by atoms with Crippen molar-refractivity contribution >= 4 is 41.1 Å². The Labute approximate surface area is 374 Å². The smallest absolute Gasteiger partial charge is 0.326 e. The van der Waals surface area contributed by atoms with E-state index in [4.69, 9.17) is 42.7 Å². The number of carboxylic acid groups (broad SMARTS) is 1. The summed E-state index contributed by atoms with van der Waals surface area (Å²) in [7, 11) is 0. The van der Waals surface area contributed by atoms with Crippen LogP contribution in [-0.4, -0.2) is 46.6 Å². The first-order valence-electron chi connectivity index (χ1n) is 20.4. The first-order chi connectivity index (χ1) is 30.5. The minimum atomic E-state index is -1.27. The third-order valence-electron chi connectivity index (χ3n) is 11.3. The fourth-order valence-electron chi connectivity index (χ4n) is 7.71. The molecule has 8 rings (SSSR count). The van der Waals surface area contributed by atoms with Crippen LogP contribution in [0.4, 0.5) is 4.79 Å². The number of ether oxygens (including phenoxy) is 3. The molecule has 1 unspecified atom stereocenters. The molecule has 0 aliphatic carbocycles. The number of hydrogen-bond acceptors (Lipinski definition) is 7. The molecule has 2 aliphatic heterocycles. The molecule has 3 N–H and O–H groups in total. The van der Waals surface area contributed by atoms with Crippen LogP contribution in [0.3, 0.4) is 0 Å². The molecule has 0 saturated heterocycles. The quantitative estimate of drug-likeness (QED) is 0.110. The largest absolute Gasteiger partial charge is 0.489 e. The van der Waals surface area contributed by atoms with E-state index in [1.54, 1.807) is 24.3 Å². The summed E-state index contributed by atoms with van der Waals surface area (Å²) in [6, 6.07) is 39.6. The van der Waals surface area contributed by atoms with Gasteiger partial charge in [0, 0.05) is 19.4 Å². The standard InChI is InChI=1S/C50H42Cl2N4O7/c1-30(34-5-3-2-4-6-34)54-50(60)56-27-39-25-46-45(62-29-47(63-46)37-16-18-40(19-17-37)61-28-33-11-20-41(51)42(52)21-33)24-38(39)23-44(56)48(57)55-43(49(58)59)22-31-7-12-35(13-8-31)36-14-9-32(26-53)10-15-36/h2-21,24-25,30,43-44,47H,22-23,27-29H2,1H3,(H,54,60)(H,55,57)(H,58,59)/t30-,43-,44-,47?/m0/s1. The van der Waals surface area contributed by atoms with E-state index in [-0.39, 0.29) is 32.0 Å². The molecule has 2 aliphatic rings. The van der Waals surface area contributed by atoms with E-state index >= 15 is 0 Å². The van der Waals surface area contributed by atoms with Crippen molar-refractivity contribution in [2.24, 2.45) is 0 Å². The van der Waals surface area contributed by atoms with Gasteiger partial charge in [-0.2, -0.15) is 5.26 Å². The number of aliphatic carboxylic acids is 1. The minimum absolute atomic E-state index is 0.0175. The molecule has 0 saturated carbocycles. The lowest BCUT2D eigenvalue weighted by molar-refractivity contribution is -0.142. The summed E-state index contributed by atoms with van der Waals surface area (Å²) < 4.78 is 18.7. The zero-order valence-electron chi connectivity index (χ0n) is 34.1. The fourth-order valence-corrected chi connectivity index (χ4v) is 8.03. The van der Waals surface area contributed by atoms with Crippen LogP contribution >= 0.6 is 23.2 Å². The molecule has 0 fully saturated rings. The van der Waals surface area contributed by atoms with E-state index in [0.29, 0.717) is 45.0 Å². The summed E-state index contributed by atoms with van der Waals surface area (Å²) in [5, 5.41) is 26.2. The molecule has 0 aromatic heterocycles. The summed E-state index contributed by atoms with van der Waals surface area (Å²) in [5.74, 6) is -0.122. The lowest BCUT2D eigenvalue weighted by Gasteiger charge is -2.38. The van der Waals surface area contributed by atoms with Gasteiger partial charge in [-0.15, -0.1) is 0 Å². The van der Waals surface area contributed by atoms with Crippen molar-refractivity contribution in [2.75, 3.05) is 6.61 Å². The predicted octanol–water partition coefficient (Wildman–Crippen LogP) is 9.63. The molecule has 4 atom stereocenters. The number of nitrogens with zero attached hydrogens (tertiary/aromatic N) is 2. The number of nitrogens with one attached hydrogen (secondary N) is 2. The van der Waals surface area contributed by atoms with Crippen LogP contribution in [0, 0.1) is 11.3 Å². The van der Waals surface area contributed by atoms with Gasteiger partial charge in [0.2, 0.25) is 5.91 Å². The number of nitriles is 1. The van der Waals surface area contributed by atoms with E-state index in [1.807, 2.05) is 116 Å². The maximum atomic E-state index is 14.2. The topological polar surface area (TPSA) is 150 Å². The Morgan fingerprint density at radius 2 is 1.51 bits per heavy atom. The highest BCUT2D eigenvalue weighted by Gasteiger charge is 2.38. The van der Waals surface area contributed by atoms with Crippen LogP contribution < -0.4 is 24.8 Å². The van der Waals surface area contributed by atoms with Gasteiger partial charge < -0.3 is 34.9 Å². The molecule has 2 heterocycles. The molecule has 11 nitrogen and oxygen atoms in total. The third kappa shape index (κ3) is 10.0. The van der Waals surface area contributed by atoms with Crippen molar-refractivity contribution in [3.05, 3.63) is 182 Å². The monoisotopic (exact) mass is 880 g/mol. The number of carbonyl (C=O) groups excluding carboxylic acids is 2. The van der Waals surface area contributed by atoms with Gasteiger partial charge in [0.15, 0.2) is 17.6 Å². The van der Waals surface area contributed by atoms with Crippen molar-refractivity contribution in [1.82, 2.24) is 15.5 Å². The second-order valence-corrected chi connectivity index (χ2v) is 16.3. The van der Waals surface area contributed by atoms with Gasteiger partial charge in [-0.05, 0) is 100.0 Å². The van der Waals surface area contributed by atoms with Crippen molar-refractivity contribution in [3.8, 4) is 34.4 Å². The molecule has 318 valence electrons. The zero-order chi connectivity index (χ0) is 44.0. The zero-order valence-corrected chi connectivity index (χ0v) is 35.6. The van der Waals surface area contributed by atoms with E-state index in [0.717, 1.165) is 38.9 Å². The van der Waals surface area contributed by atoms with Crippen molar-refractivity contribution < 1.29 is 33.7 Å². The van der Waals surface area contributed by atoms with Crippen LogP contribution in [0.25, 0.3) is 11.1 Å². The molecule has 13 heteroatoms. The number of carboxylic acids is 1. The van der Waals surface area contributed by atoms with Gasteiger partial charge in [-0.25, -0.2) is 9.59 Å². The summed E-state index contributed by atoms with van der Waals surface area (Å²) in [6.07, 6.45) is -0.291. The Kier molecular flexibility index (Phi) is 12.8. The highest BCUT2D eigenvalue weighted by molar-refractivity contribution is 6.42. The SMILES string of the molecule is C[C@H](NC(=O)N1Cc2cc3c(cc2C[C@H]1C(=O)N[C@@H](Cc1ccc(-c2ccc(C#N)cc2)cc1)C(=O)O)OCC(c1ccc(OCc2ccc(Cl)c(Cl)c2)cc1)O3)c1ccccc1. The maximum Gasteiger partial charge on any atom is 0.326 e. The Morgan fingerprint density at radius 3 is 2.19 bits per heavy atom. The fraction of sp³-hybridized carbons (Fsp3) is 0.200. The number of amides is 3. The van der Waals surface area contributed by atoms with Crippen molar-refractivity contribution in [3.63, 3.8) is 0 Å². The van der Waals surface area contributed by atoms with E-state index < -0.39 is 36.1 Å². The summed E-state index contributed by atoms with van der Waals surface area (Å²) in [6.45, 7) is 2.47. The van der Waals surface area contributed by atoms with Crippen LogP contribution in [0.5, 0.6) is 17.2 Å². The van der Waals surface area contributed by atoms with Crippen molar-refractivity contribution in [1.29, 1.82) is 5.26 Å². The van der Waals surface area contributed by atoms with Crippen LogP contribution in [0.1, 0.15) is 58.0 Å². The molecule has 3 amide bonds. The molecule has 6 aromatic rings. The highest BCUT2D eigenvalue weighted by atomic mass is 35.5. The second-order valence-electron chi connectivity index (χ2n) is 15.5. The lowest BCUT2D eigenvalue weighted by atomic mass is 9.92. The minimum Gasteiger partial charge on any atom is -0.489 e. The van der Waals surface area contributed by atoms with Gasteiger partial charge in [0.1, 0.15) is 31.0 Å². The number of hydrogen-bond donors (Lipinski definition) is 3. The lowest BCUT2D eigenvalue weighted by Crippen LogP contribution is -2.57. The molecule has 6 aromatic carbocycles. The Morgan fingerprint density at radius 1 is 0.825 bits per heavy atom. The molecule has 0 radical (unpaired) electrons. The normalized spacial score (nSPS) is 16.1. The average Bonchev–Trinajstić information content (AvgIpc) is 3.31. The van der Waals surface area contributed by atoms with Gasteiger partial charge in [0.05, 0.1) is 27.7 Å². The molecular formula is C50H42Cl2N4O7. The van der Waals surface area contributed by atoms with Gasteiger partial charge in [-0.3, -0.25) is 4.79 Å². The molecule has 0 spiro atoms. The number of urea groups is 1. The number of fused-ring (bicyclic) bond motifs is 2. The average molecular weight is 882 g/mol. The number of benzene rings is 6. The Hall–Kier alpha value is -7.00. The Bertz CT molecular complexity index is 2670. The van der Waals surface area contributed by atoms with E-state index in [1.165, 1.54) is 4.90 Å². The maximum absolute atomic E-state index is 14.2. The van der Waals surface area contributed by atoms with Crippen molar-refractivity contribution in [2.45, 2.75) is 57.1 Å².